The predicted molar refractivity (Wildman–Crippen MR) is 174 cm³/mol. The van der Waals surface area contributed by atoms with Gasteiger partial charge in [-0.05, 0) is 61.4 Å². The Kier molecular flexibility index (Phi) is 4.55. The number of hydrogen-bond donors (Lipinski definition) is 0. The third-order valence-electron chi connectivity index (χ3n) is 9.91. The van der Waals surface area contributed by atoms with Crippen LogP contribution in [0, 0.1) is 6.92 Å². The fraction of sp³-hybridized carbons (Fsp3) is 0.100. The van der Waals surface area contributed by atoms with Crippen LogP contribution in [-0.2, 0) is 6.42 Å². The van der Waals surface area contributed by atoms with Crippen molar-refractivity contribution in [1.82, 2.24) is 4.40 Å². The molecule has 6 heterocycles. The molecule has 4 aromatic heterocycles. The molecular formula is C40H29N3+2. The molecule has 4 aromatic carbocycles. The van der Waals surface area contributed by atoms with Crippen LogP contribution in [0.1, 0.15) is 28.8 Å². The number of allylic oxidation sites excluding steroid dienone is 2. The van der Waals surface area contributed by atoms with Crippen molar-refractivity contribution in [2.75, 3.05) is 0 Å². The van der Waals surface area contributed by atoms with E-state index in [1.165, 1.54) is 77.3 Å². The first-order valence-electron chi connectivity index (χ1n) is 15.2. The summed E-state index contributed by atoms with van der Waals surface area (Å²) in [7, 11) is 0. The third-order valence-corrected chi connectivity index (χ3v) is 9.91. The quantitative estimate of drug-likeness (QED) is 0.133. The number of aromatic nitrogens is 3. The van der Waals surface area contributed by atoms with Crippen LogP contribution in [0.25, 0.3) is 60.6 Å². The SMILES string of the molecule is Cc1ccc2[n+](c1)C1/C=C/Cc3cc4c(cc3-c3cccc[n+]3C1c1ccccc1-2)c1cccc2c3ccccc3n4c21. The molecular weight excluding hydrogens is 522 g/mol. The van der Waals surface area contributed by atoms with Gasteiger partial charge >= 0.3 is 0 Å². The molecule has 0 saturated carbocycles. The molecule has 0 aliphatic carbocycles. The normalized spacial score (nSPS) is 18.0. The van der Waals surface area contributed by atoms with Gasteiger partial charge < -0.3 is 4.40 Å². The maximum Gasteiger partial charge on any atom is 0.249 e. The van der Waals surface area contributed by atoms with E-state index in [1.807, 2.05) is 0 Å². The Bertz CT molecular complexity index is 2460. The Hall–Kier alpha value is -5.28. The number of fused-ring (bicyclic) bond motifs is 16. The summed E-state index contributed by atoms with van der Waals surface area (Å²) >= 11 is 0. The lowest BCUT2D eigenvalue weighted by Crippen LogP contribution is -2.56. The molecule has 3 nitrogen and oxygen atoms in total. The maximum absolute atomic E-state index is 2.54. The molecule has 0 amide bonds. The van der Waals surface area contributed by atoms with Crippen LogP contribution in [0.2, 0.25) is 0 Å². The number of hydrogen-bond acceptors (Lipinski definition) is 0. The number of nitrogens with zero attached hydrogens (tertiary/aromatic N) is 3. The van der Waals surface area contributed by atoms with Crippen molar-refractivity contribution in [3.05, 3.63) is 150 Å². The molecule has 0 bridgehead atoms. The van der Waals surface area contributed by atoms with Crippen LogP contribution in [0.15, 0.2) is 134 Å². The summed E-state index contributed by atoms with van der Waals surface area (Å²) in [5.41, 5.74) is 13.1. The third kappa shape index (κ3) is 3.04. The highest BCUT2D eigenvalue weighted by atomic mass is 15.1. The Morgan fingerprint density at radius 1 is 0.651 bits per heavy atom. The number of aryl methyl sites for hydroxylation is 1. The lowest BCUT2D eigenvalue weighted by molar-refractivity contribution is -0.795. The summed E-state index contributed by atoms with van der Waals surface area (Å²) in [5.74, 6) is 0. The second-order valence-electron chi connectivity index (χ2n) is 12.2. The van der Waals surface area contributed by atoms with Crippen LogP contribution in [0.4, 0.5) is 0 Å². The average molecular weight is 552 g/mol. The van der Waals surface area contributed by atoms with Gasteiger partial charge in [0.25, 0.3) is 0 Å². The van der Waals surface area contributed by atoms with Gasteiger partial charge in [-0.25, -0.2) is 0 Å². The molecule has 43 heavy (non-hydrogen) atoms. The van der Waals surface area contributed by atoms with Gasteiger partial charge in [0.15, 0.2) is 12.4 Å². The summed E-state index contributed by atoms with van der Waals surface area (Å²) in [6, 6.07) is 41.1. The molecule has 2 atom stereocenters. The predicted octanol–water partition coefficient (Wildman–Crippen LogP) is 8.31. The van der Waals surface area contributed by atoms with Crippen molar-refractivity contribution in [2.45, 2.75) is 25.4 Å². The zero-order valence-electron chi connectivity index (χ0n) is 23.9. The summed E-state index contributed by atoms with van der Waals surface area (Å²) in [4.78, 5) is 0. The Morgan fingerprint density at radius 2 is 1.44 bits per heavy atom. The summed E-state index contributed by atoms with van der Waals surface area (Å²) < 4.78 is 7.53. The highest BCUT2D eigenvalue weighted by Gasteiger charge is 2.46. The number of benzene rings is 4. The molecule has 0 fully saturated rings. The second-order valence-corrected chi connectivity index (χ2v) is 12.2. The molecule has 0 saturated heterocycles. The van der Waals surface area contributed by atoms with Gasteiger partial charge in [0, 0.05) is 50.9 Å². The molecule has 2 unspecified atom stereocenters. The zero-order valence-corrected chi connectivity index (χ0v) is 23.9. The van der Waals surface area contributed by atoms with E-state index in [0.717, 1.165) is 6.42 Å². The highest BCUT2D eigenvalue weighted by molar-refractivity contribution is 6.23. The Morgan fingerprint density at radius 3 is 2.40 bits per heavy atom. The molecule has 2 aliphatic rings. The second kappa shape index (κ2) is 8.39. The minimum Gasteiger partial charge on any atom is -0.308 e. The molecule has 8 aromatic rings. The molecule has 0 radical (unpaired) electrons. The van der Waals surface area contributed by atoms with Crippen LogP contribution in [0.3, 0.4) is 0 Å². The van der Waals surface area contributed by atoms with Gasteiger partial charge in [-0.2, -0.15) is 9.13 Å². The van der Waals surface area contributed by atoms with Gasteiger partial charge in [-0.15, -0.1) is 0 Å². The summed E-state index contributed by atoms with van der Waals surface area (Å²) in [5, 5.41) is 5.30. The zero-order chi connectivity index (χ0) is 28.2. The van der Waals surface area contributed by atoms with Gasteiger partial charge in [-0.1, -0.05) is 60.7 Å². The van der Waals surface area contributed by atoms with Crippen molar-refractivity contribution in [3.63, 3.8) is 0 Å². The molecule has 202 valence electrons. The average Bonchev–Trinajstić information content (AvgIpc) is 3.57. The van der Waals surface area contributed by atoms with Crippen LogP contribution >= 0.6 is 0 Å². The topological polar surface area (TPSA) is 12.2 Å². The van der Waals surface area contributed by atoms with E-state index < -0.39 is 0 Å². The van der Waals surface area contributed by atoms with Gasteiger partial charge in [-0.3, -0.25) is 0 Å². The van der Waals surface area contributed by atoms with Crippen LogP contribution in [-0.4, -0.2) is 4.40 Å². The van der Waals surface area contributed by atoms with Crippen LogP contribution in [0.5, 0.6) is 0 Å². The Labute approximate surface area is 249 Å². The first-order chi connectivity index (χ1) is 21.3. The number of pyridine rings is 2. The fourth-order valence-corrected chi connectivity index (χ4v) is 8.13. The fourth-order valence-electron chi connectivity index (χ4n) is 8.13. The summed E-state index contributed by atoms with van der Waals surface area (Å²) in [6.07, 6.45) is 10.4. The highest BCUT2D eigenvalue weighted by Crippen LogP contribution is 2.43. The number of rotatable bonds is 0. The minimum atomic E-state index is 0.128. The Balaban J connectivity index is 1.30. The number of para-hydroxylation sites is 2. The van der Waals surface area contributed by atoms with Crippen molar-refractivity contribution in [1.29, 1.82) is 0 Å². The lowest BCUT2D eigenvalue weighted by Gasteiger charge is -2.26. The van der Waals surface area contributed by atoms with E-state index in [4.69, 9.17) is 0 Å². The smallest absolute Gasteiger partial charge is 0.249 e. The molecule has 2 aliphatic heterocycles. The van der Waals surface area contributed by atoms with Crippen molar-refractivity contribution < 1.29 is 9.13 Å². The molecule has 10 rings (SSSR count). The monoisotopic (exact) mass is 551 g/mol. The largest absolute Gasteiger partial charge is 0.308 e. The van der Waals surface area contributed by atoms with Crippen molar-refractivity contribution >= 4 is 38.1 Å². The van der Waals surface area contributed by atoms with E-state index in [9.17, 15) is 0 Å². The summed E-state index contributed by atoms with van der Waals surface area (Å²) in [6.45, 7) is 2.19. The first kappa shape index (κ1) is 23.3. The van der Waals surface area contributed by atoms with Gasteiger partial charge in [0.1, 0.15) is 0 Å². The van der Waals surface area contributed by atoms with E-state index >= 15 is 0 Å². The first-order valence-corrected chi connectivity index (χ1v) is 15.2. The van der Waals surface area contributed by atoms with Gasteiger partial charge in [0.2, 0.25) is 23.5 Å². The molecule has 0 spiro atoms. The van der Waals surface area contributed by atoms with E-state index in [2.05, 4.69) is 154 Å². The van der Waals surface area contributed by atoms with E-state index in [-0.39, 0.29) is 12.1 Å². The van der Waals surface area contributed by atoms with Gasteiger partial charge in [0.05, 0.1) is 27.7 Å². The maximum atomic E-state index is 2.54. The molecule has 3 heteroatoms. The molecule has 0 N–H and O–H groups in total. The van der Waals surface area contributed by atoms with Crippen LogP contribution < -0.4 is 9.13 Å². The standard InChI is InChI=1S/C40H29N3/c1-25-19-20-35-27-11-2-3-13-30(27)40-37(42(35)24-25)18-8-10-26-22-38-33(23-32(26)34-16-6-7-21-41(34)40)31-15-9-14-29-28-12-4-5-17-36(28)43(38)39(29)31/h2-9,11-24,37,40H,10H2,1H3/q+2/b18-8+. The van der Waals surface area contributed by atoms with E-state index in [0.29, 0.717) is 0 Å². The minimum absolute atomic E-state index is 0.128. The van der Waals surface area contributed by atoms with E-state index in [1.54, 1.807) is 0 Å². The van der Waals surface area contributed by atoms with Crippen molar-refractivity contribution in [2.24, 2.45) is 0 Å². The van der Waals surface area contributed by atoms with Crippen molar-refractivity contribution in [3.8, 4) is 22.5 Å². The lowest BCUT2D eigenvalue weighted by atomic mass is 9.87.